The van der Waals surface area contributed by atoms with Crippen LogP contribution in [0.5, 0.6) is 34.5 Å². The third-order valence-corrected chi connectivity index (χ3v) is 7.83. The Bertz CT molecular complexity index is 1220. The second-order valence-electron chi connectivity index (χ2n) is 7.53. The first-order chi connectivity index (χ1) is 15.1. The van der Waals surface area contributed by atoms with Gasteiger partial charge in [-0.3, -0.25) is 0 Å². The van der Waals surface area contributed by atoms with E-state index >= 15 is 0 Å². The highest BCUT2D eigenvalue weighted by Gasteiger charge is 2.56. The lowest BCUT2D eigenvalue weighted by Crippen LogP contribution is -2.39. The van der Waals surface area contributed by atoms with Gasteiger partial charge in [0.25, 0.3) is 0 Å². The zero-order chi connectivity index (χ0) is 21.3. The molecule has 5 nitrogen and oxygen atoms in total. The molecule has 6 rings (SSSR count). The van der Waals surface area contributed by atoms with Gasteiger partial charge in [-0.2, -0.15) is 0 Å². The van der Waals surface area contributed by atoms with Crippen molar-refractivity contribution in [3.63, 3.8) is 0 Å². The van der Waals surface area contributed by atoms with Crippen molar-refractivity contribution in [3.05, 3.63) is 66.5 Å². The van der Waals surface area contributed by atoms with Crippen LogP contribution in [0.3, 0.4) is 0 Å². The van der Waals surface area contributed by atoms with E-state index in [1.54, 1.807) is 7.11 Å². The second kappa shape index (κ2) is 7.22. The SMILES string of the molecule is COCOCCC12c3c4ccc(Br)c3Oc3ccc(Br)c(c31)Oc1c(Br)ccc(c12)O4. The van der Waals surface area contributed by atoms with Crippen molar-refractivity contribution in [1.29, 1.82) is 0 Å². The molecule has 3 aliphatic heterocycles. The van der Waals surface area contributed by atoms with Crippen molar-refractivity contribution in [2.45, 2.75) is 11.8 Å². The third-order valence-electron chi connectivity index (χ3n) is 5.95. The molecule has 31 heavy (non-hydrogen) atoms. The first-order valence-electron chi connectivity index (χ1n) is 9.65. The van der Waals surface area contributed by atoms with Crippen LogP contribution in [0.4, 0.5) is 0 Å². The second-order valence-corrected chi connectivity index (χ2v) is 10.1. The molecule has 0 aromatic heterocycles. The van der Waals surface area contributed by atoms with Crippen LogP contribution in [-0.2, 0) is 14.9 Å². The average molecular weight is 611 g/mol. The number of hydrogen-bond donors (Lipinski definition) is 0. The molecule has 0 saturated heterocycles. The topological polar surface area (TPSA) is 46.2 Å². The van der Waals surface area contributed by atoms with E-state index in [0.29, 0.717) is 13.0 Å². The Hall–Kier alpha value is -1.58. The summed E-state index contributed by atoms with van der Waals surface area (Å²) >= 11 is 11.1. The molecule has 0 aliphatic carbocycles. The quantitative estimate of drug-likeness (QED) is 0.172. The van der Waals surface area contributed by atoms with Crippen molar-refractivity contribution in [2.75, 3.05) is 20.5 Å². The van der Waals surface area contributed by atoms with Crippen molar-refractivity contribution in [1.82, 2.24) is 0 Å². The van der Waals surface area contributed by atoms with Crippen LogP contribution in [0.25, 0.3) is 0 Å². The van der Waals surface area contributed by atoms with E-state index in [1.165, 1.54) is 0 Å². The summed E-state index contributed by atoms with van der Waals surface area (Å²) in [5.41, 5.74) is 2.36. The van der Waals surface area contributed by atoms with Gasteiger partial charge in [0, 0.05) is 7.11 Å². The van der Waals surface area contributed by atoms with Crippen LogP contribution in [0.2, 0.25) is 0 Å². The smallest absolute Gasteiger partial charge is 0.149 e. The van der Waals surface area contributed by atoms with E-state index in [9.17, 15) is 0 Å². The fourth-order valence-electron chi connectivity index (χ4n) is 4.83. The summed E-state index contributed by atoms with van der Waals surface area (Å²) in [6.45, 7) is 0.712. The van der Waals surface area contributed by atoms with Gasteiger partial charge in [0.05, 0.1) is 42.1 Å². The first kappa shape index (κ1) is 20.1. The molecular formula is C23H15Br3O5. The average Bonchev–Trinajstić information content (AvgIpc) is 2.77. The molecule has 0 radical (unpaired) electrons. The van der Waals surface area contributed by atoms with Crippen molar-refractivity contribution >= 4 is 47.8 Å². The molecule has 0 saturated carbocycles. The molecule has 8 heteroatoms. The molecule has 158 valence electrons. The largest absolute Gasteiger partial charge is 0.456 e. The Morgan fingerprint density at radius 3 is 1.71 bits per heavy atom. The normalized spacial score (nSPS) is 18.6. The minimum Gasteiger partial charge on any atom is -0.456 e. The van der Waals surface area contributed by atoms with Gasteiger partial charge in [0.2, 0.25) is 0 Å². The van der Waals surface area contributed by atoms with E-state index in [4.69, 9.17) is 23.7 Å². The Labute approximate surface area is 204 Å². The molecule has 1 atom stereocenters. The predicted octanol–water partition coefficient (Wildman–Crippen LogP) is 7.64. The summed E-state index contributed by atoms with van der Waals surface area (Å²) in [6.07, 6.45) is 0.663. The van der Waals surface area contributed by atoms with Gasteiger partial charge >= 0.3 is 0 Å². The maximum atomic E-state index is 6.46. The van der Waals surface area contributed by atoms with Crippen LogP contribution in [-0.4, -0.2) is 20.5 Å². The van der Waals surface area contributed by atoms with E-state index in [-0.39, 0.29) is 6.79 Å². The van der Waals surface area contributed by atoms with E-state index in [0.717, 1.165) is 64.6 Å². The molecule has 3 aliphatic rings. The van der Waals surface area contributed by atoms with Crippen LogP contribution < -0.4 is 14.2 Å². The number of hydrogen-bond acceptors (Lipinski definition) is 5. The fraction of sp³-hybridized carbons (Fsp3) is 0.217. The van der Waals surface area contributed by atoms with E-state index in [2.05, 4.69) is 47.8 Å². The summed E-state index contributed by atoms with van der Waals surface area (Å²) < 4.78 is 32.7. The highest BCUT2D eigenvalue weighted by molar-refractivity contribution is 9.11. The van der Waals surface area contributed by atoms with Crippen molar-refractivity contribution in [2.24, 2.45) is 0 Å². The predicted molar refractivity (Wildman–Crippen MR) is 125 cm³/mol. The molecule has 0 fully saturated rings. The van der Waals surface area contributed by atoms with Gasteiger partial charge in [-0.15, -0.1) is 0 Å². The number of ether oxygens (including phenoxy) is 5. The molecule has 3 heterocycles. The molecule has 0 N–H and O–H groups in total. The lowest BCUT2D eigenvalue weighted by molar-refractivity contribution is -0.0343. The standard InChI is InChI=1S/C23H15Br3O5/c1-27-10-28-9-8-23-17-14-5-2-11(24)20(17)30-16-7-4-13(26)22(19(16)23)31-21-12(25)3-6-15(29-14)18(21)23/h2-7H,8-10H2,1H3. The van der Waals surface area contributed by atoms with Crippen LogP contribution in [0, 0.1) is 0 Å². The van der Waals surface area contributed by atoms with Gasteiger partial charge in [-0.25, -0.2) is 0 Å². The van der Waals surface area contributed by atoms with Gasteiger partial charge in [-0.1, -0.05) is 0 Å². The van der Waals surface area contributed by atoms with Crippen LogP contribution in [0.1, 0.15) is 23.1 Å². The highest BCUT2D eigenvalue weighted by Crippen LogP contribution is 2.69. The fourth-order valence-corrected chi connectivity index (χ4v) is 6.07. The molecule has 0 amide bonds. The number of halogens is 3. The van der Waals surface area contributed by atoms with Gasteiger partial charge in [0.1, 0.15) is 41.3 Å². The van der Waals surface area contributed by atoms with Gasteiger partial charge < -0.3 is 23.7 Å². The molecule has 0 bridgehead atoms. The van der Waals surface area contributed by atoms with Gasteiger partial charge in [0.15, 0.2) is 0 Å². The summed E-state index contributed by atoms with van der Waals surface area (Å²) in [5.74, 6) is 4.53. The third kappa shape index (κ3) is 2.66. The number of rotatable bonds is 5. The van der Waals surface area contributed by atoms with Crippen LogP contribution in [0.15, 0.2) is 49.8 Å². The Morgan fingerprint density at radius 1 is 0.710 bits per heavy atom. The maximum Gasteiger partial charge on any atom is 0.149 e. The zero-order valence-electron chi connectivity index (χ0n) is 16.3. The number of methoxy groups -OCH3 is 1. The summed E-state index contributed by atoms with van der Waals surface area (Å²) in [6, 6.07) is 11.8. The minimum atomic E-state index is -0.570. The molecule has 0 spiro atoms. The van der Waals surface area contributed by atoms with Crippen molar-refractivity contribution in [3.8, 4) is 34.5 Å². The zero-order valence-corrected chi connectivity index (χ0v) is 21.0. The van der Waals surface area contributed by atoms with E-state index in [1.807, 2.05) is 36.4 Å². The first-order valence-corrected chi connectivity index (χ1v) is 12.0. The molecule has 3 aromatic rings. The van der Waals surface area contributed by atoms with Crippen LogP contribution >= 0.6 is 47.8 Å². The lowest BCUT2D eigenvalue weighted by atomic mass is 9.63. The Morgan fingerprint density at radius 2 is 1.19 bits per heavy atom. The lowest BCUT2D eigenvalue weighted by Gasteiger charge is -2.48. The molecular weight excluding hydrogens is 596 g/mol. The Kier molecular flexibility index (Phi) is 4.67. The van der Waals surface area contributed by atoms with Gasteiger partial charge in [-0.05, 0) is 90.6 Å². The van der Waals surface area contributed by atoms with Crippen molar-refractivity contribution < 1.29 is 23.7 Å². The highest BCUT2D eigenvalue weighted by atomic mass is 79.9. The molecule has 1 unspecified atom stereocenters. The summed E-state index contributed by atoms with van der Waals surface area (Å²) in [5, 5.41) is 0. The number of benzene rings is 3. The minimum absolute atomic E-state index is 0.230. The summed E-state index contributed by atoms with van der Waals surface area (Å²) in [7, 11) is 1.62. The maximum absolute atomic E-state index is 6.46. The summed E-state index contributed by atoms with van der Waals surface area (Å²) in [4.78, 5) is 0. The monoisotopic (exact) mass is 608 g/mol. The Balaban J connectivity index is 1.73. The van der Waals surface area contributed by atoms with E-state index < -0.39 is 5.41 Å². The molecule has 3 aromatic carbocycles.